The molecule has 0 aliphatic heterocycles. The summed E-state index contributed by atoms with van der Waals surface area (Å²) in [6.07, 6.45) is 3.35. The molecule has 1 unspecified atom stereocenters. The Morgan fingerprint density at radius 3 is 2.33 bits per heavy atom. The van der Waals surface area contributed by atoms with Crippen molar-refractivity contribution in [3.63, 3.8) is 0 Å². The summed E-state index contributed by atoms with van der Waals surface area (Å²) in [6, 6.07) is 7.46. The minimum absolute atomic E-state index is 0.181. The molecule has 3 heteroatoms. The minimum Gasteiger partial charge on any atom is -0.426 e. The van der Waals surface area contributed by atoms with E-state index in [9.17, 15) is 9.59 Å². The SMILES string of the molecule is CCCCc1ccc(OC(=O)C(C)C(C)=O)cc1. The molecule has 0 N–H and O–H groups in total. The van der Waals surface area contributed by atoms with Gasteiger partial charge in [-0.3, -0.25) is 9.59 Å². The molecule has 0 saturated heterocycles. The first kappa shape index (κ1) is 14.4. The van der Waals surface area contributed by atoms with E-state index in [1.807, 2.05) is 12.1 Å². The molecule has 0 aliphatic carbocycles. The van der Waals surface area contributed by atoms with Crippen LogP contribution in [0.5, 0.6) is 5.75 Å². The molecule has 1 aromatic rings. The first-order chi connectivity index (χ1) is 8.54. The van der Waals surface area contributed by atoms with Crippen LogP contribution >= 0.6 is 0 Å². The van der Waals surface area contributed by atoms with Crippen molar-refractivity contribution >= 4 is 11.8 Å². The van der Waals surface area contributed by atoms with E-state index in [0.29, 0.717) is 5.75 Å². The van der Waals surface area contributed by atoms with Crippen molar-refractivity contribution in [2.75, 3.05) is 0 Å². The molecule has 0 heterocycles. The number of esters is 1. The topological polar surface area (TPSA) is 43.4 Å². The molecule has 0 aliphatic rings. The fourth-order valence-electron chi connectivity index (χ4n) is 1.48. The van der Waals surface area contributed by atoms with Crippen LogP contribution in [0.15, 0.2) is 24.3 Å². The monoisotopic (exact) mass is 248 g/mol. The number of hydrogen-bond acceptors (Lipinski definition) is 3. The quantitative estimate of drug-likeness (QED) is 0.441. The lowest BCUT2D eigenvalue weighted by molar-refractivity contribution is -0.142. The van der Waals surface area contributed by atoms with Gasteiger partial charge in [-0.1, -0.05) is 25.5 Å². The van der Waals surface area contributed by atoms with Crippen molar-refractivity contribution < 1.29 is 14.3 Å². The zero-order chi connectivity index (χ0) is 13.5. The van der Waals surface area contributed by atoms with Crippen LogP contribution in [0.25, 0.3) is 0 Å². The van der Waals surface area contributed by atoms with E-state index in [4.69, 9.17) is 4.74 Å². The summed E-state index contributed by atoms with van der Waals surface area (Å²) in [5.74, 6) is -0.888. The van der Waals surface area contributed by atoms with Crippen LogP contribution in [0.1, 0.15) is 39.2 Å². The van der Waals surface area contributed by atoms with Crippen molar-refractivity contribution in [3.05, 3.63) is 29.8 Å². The van der Waals surface area contributed by atoms with Gasteiger partial charge in [0.25, 0.3) is 0 Å². The molecular formula is C15H20O3. The molecule has 0 aromatic heterocycles. The van der Waals surface area contributed by atoms with Crippen molar-refractivity contribution in [2.45, 2.75) is 40.0 Å². The van der Waals surface area contributed by atoms with Crippen LogP contribution in [0.3, 0.4) is 0 Å². The van der Waals surface area contributed by atoms with Gasteiger partial charge in [0.1, 0.15) is 17.5 Å². The highest BCUT2D eigenvalue weighted by Gasteiger charge is 2.19. The summed E-state index contributed by atoms with van der Waals surface area (Å²) < 4.78 is 5.14. The van der Waals surface area contributed by atoms with Crippen molar-refractivity contribution in [1.82, 2.24) is 0 Å². The molecule has 0 radical (unpaired) electrons. The molecule has 0 bridgehead atoms. The van der Waals surface area contributed by atoms with E-state index >= 15 is 0 Å². The van der Waals surface area contributed by atoms with Crippen LogP contribution in [-0.2, 0) is 16.0 Å². The fraction of sp³-hybridized carbons (Fsp3) is 0.467. The first-order valence-electron chi connectivity index (χ1n) is 6.35. The van der Waals surface area contributed by atoms with Crippen molar-refractivity contribution in [2.24, 2.45) is 5.92 Å². The number of Topliss-reactive ketones (excluding diaryl/α,β-unsaturated/α-hetero) is 1. The van der Waals surface area contributed by atoms with Crippen LogP contribution < -0.4 is 4.74 Å². The van der Waals surface area contributed by atoms with E-state index in [-0.39, 0.29) is 5.78 Å². The predicted molar refractivity (Wildman–Crippen MR) is 70.5 cm³/mol. The van der Waals surface area contributed by atoms with E-state index in [0.717, 1.165) is 19.3 Å². The smallest absolute Gasteiger partial charge is 0.321 e. The van der Waals surface area contributed by atoms with Gasteiger partial charge >= 0.3 is 5.97 Å². The Morgan fingerprint density at radius 2 is 1.83 bits per heavy atom. The van der Waals surface area contributed by atoms with Gasteiger partial charge in [-0.25, -0.2) is 0 Å². The number of rotatable bonds is 6. The summed E-state index contributed by atoms with van der Waals surface area (Å²) in [4.78, 5) is 22.6. The Bertz CT molecular complexity index is 406. The number of ether oxygens (including phenoxy) is 1. The molecular weight excluding hydrogens is 228 g/mol. The molecule has 1 atom stereocenters. The number of carbonyl (C=O) groups excluding carboxylic acids is 2. The number of ketones is 1. The van der Waals surface area contributed by atoms with Gasteiger partial charge in [-0.05, 0) is 44.4 Å². The zero-order valence-corrected chi connectivity index (χ0v) is 11.2. The number of hydrogen-bond donors (Lipinski definition) is 0. The van der Waals surface area contributed by atoms with Crippen LogP contribution in [0.2, 0.25) is 0 Å². The number of unbranched alkanes of at least 4 members (excludes halogenated alkanes) is 1. The average molecular weight is 248 g/mol. The highest BCUT2D eigenvalue weighted by Crippen LogP contribution is 2.15. The molecule has 18 heavy (non-hydrogen) atoms. The van der Waals surface area contributed by atoms with Gasteiger partial charge in [0.05, 0.1) is 0 Å². The Hall–Kier alpha value is -1.64. The second-order valence-electron chi connectivity index (χ2n) is 4.50. The standard InChI is InChI=1S/C15H20O3/c1-4-5-6-13-7-9-14(10-8-13)18-15(17)11(2)12(3)16/h7-11H,4-6H2,1-3H3. The lowest BCUT2D eigenvalue weighted by atomic mass is 10.1. The summed E-state index contributed by atoms with van der Waals surface area (Å²) in [5.41, 5.74) is 1.23. The average Bonchev–Trinajstić information content (AvgIpc) is 2.36. The molecule has 1 aromatic carbocycles. The minimum atomic E-state index is -0.704. The van der Waals surface area contributed by atoms with Gasteiger partial charge < -0.3 is 4.74 Å². The Kier molecular flexibility index (Phi) is 5.56. The Balaban J connectivity index is 2.58. The van der Waals surface area contributed by atoms with E-state index in [2.05, 4.69) is 6.92 Å². The van der Waals surface area contributed by atoms with Gasteiger partial charge in [-0.15, -0.1) is 0 Å². The van der Waals surface area contributed by atoms with E-state index < -0.39 is 11.9 Å². The Labute approximate surface area is 108 Å². The molecule has 3 nitrogen and oxygen atoms in total. The van der Waals surface area contributed by atoms with E-state index in [1.165, 1.54) is 12.5 Å². The highest BCUT2D eigenvalue weighted by molar-refractivity contribution is 5.98. The second kappa shape index (κ2) is 6.94. The van der Waals surface area contributed by atoms with Crippen LogP contribution in [0, 0.1) is 5.92 Å². The maximum Gasteiger partial charge on any atom is 0.321 e. The van der Waals surface area contributed by atoms with Crippen LogP contribution in [-0.4, -0.2) is 11.8 Å². The third kappa shape index (κ3) is 4.32. The lowest BCUT2D eigenvalue weighted by Gasteiger charge is -2.08. The Morgan fingerprint density at radius 1 is 1.22 bits per heavy atom. The number of carbonyl (C=O) groups is 2. The summed E-state index contributed by atoms with van der Waals surface area (Å²) >= 11 is 0. The largest absolute Gasteiger partial charge is 0.426 e. The highest BCUT2D eigenvalue weighted by atomic mass is 16.5. The summed E-state index contributed by atoms with van der Waals surface area (Å²) in [6.45, 7) is 5.10. The molecule has 0 saturated carbocycles. The third-order valence-corrected chi connectivity index (χ3v) is 2.92. The maximum absolute atomic E-state index is 11.6. The molecule has 0 fully saturated rings. The van der Waals surface area contributed by atoms with Gasteiger partial charge in [0.15, 0.2) is 0 Å². The first-order valence-corrected chi connectivity index (χ1v) is 6.35. The summed E-state index contributed by atoms with van der Waals surface area (Å²) in [5, 5.41) is 0. The van der Waals surface area contributed by atoms with Gasteiger partial charge in [0, 0.05) is 0 Å². The van der Waals surface area contributed by atoms with Crippen molar-refractivity contribution in [3.8, 4) is 5.75 Å². The van der Waals surface area contributed by atoms with Crippen LogP contribution in [0.4, 0.5) is 0 Å². The van der Waals surface area contributed by atoms with Gasteiger partial charge in [-0.2, -0.15) is 0 Å². The summed E-state index contributed by atoms with van der Waals surface area (Å²) in [7, 11) is 0. The normalized spacial score (nSPS) is 11.9. The number of benzene rings is 1. The second-order valence-corrected chi connectivity index (χ2v) is 4.50. The molecule has 98 valence electrons. The molecule has 1 rings (SSSR count). The maximum atomic E-state index is 11.6. The van der Waals surface area contributed by atoms with Gasteiger partial charge in [0.2, 0.25) is 0 Å². The predicted octanol–water partition coefficient (Wildman–Crippen LogP) is 3.16. The zero-order valence-electron chi connectivity index (χ0n) is 11.2. The van der Waals surface area contributed by atoms with E-state index in [1.54, 1.807) is 19.1 Å². The van der Waals surface area contributed by atoms with Crippen molar-refractivity contribution in [1.29, 1.82) is 0 Å². The molecule has 0 amide bonds. The third-order valence-electron chi connectivity index (χ3n) is 2.92. The number of aryl methyl sites for hydroxylation is 1. The molecule has 0 spiro atoms. The fourth-order valence-corrected chi connectivity index (χ4v) is 1.48. The lowest BCUT2D eigenvalue weighted by Crippen LogP contribution is -2.23.